The Morgan fingerprint density at radius 3 is 2.44 bits per heavy atom. The molecule has 2 aliphatic heterocycles. The molecule has 4 heteroatoms. The molecule has 2 aliphatic rings. The number of ether oxygens (including phenoxy) is 1. The van der Waals surface area contributed by atoms with Gasteiger partial charge >= 0.3 is 0 Å². The molecular formula is C14H29ClN2O. The number of nitrogens with one attached hydrogen (secondary N) is 1. The largest absolute Gasteiger partial charge is 0.359 e. The summed E-state index contributed by atoms with van der Waals surface area (Å²) in [5, 5.41) is 3.64. The summed E-state index contributed by atoms with van der Waals surface area (Å²) in [4.78, 5) is 2.58. The first-order chi connectivity index (χ1) is 7.80. The molecule has 0 aromatic heterocycles. The molecule has 0 amide bonds. The third-order valence-electron chi connectivity index (χ3n) is 4.08. The second-order valence-corrected chi connectivity index (χ2v) is 6.98. The minimum absolute atomic E-state index is 0. The van der Waals surface area contributed by atoms with Crippen LogP contribution in [0.1, 0.15) is 47.5 Å². The van der Waals surface area contributed by atoms with Crippen molar-refractivity contribution in [3.63, 3.8) is 0 Å². The van der Waals surface area contributed by atoms with Gasteiger partial charge < -0.3 is 9.64 Å². The van der Waals surface area contributed by atoms with E-state index in [1.807, 2.05) is 0 Å². The smallest absolute Gasteiger partial charge is 0.117 e. The number of halogens is 1. The Bertz CT molecular complexity index is 283. The van der Waals surface area contributed by atoms with Gasteiger partial charge in [-0.05, 0) is 59.9 Å². The van der Waals surface area contributed by atoms with E-state index in [1.54, 1.807) is 0 Å². The van der Waals surface area contributed by atoms with E-state index in [-0.39, 0.29) is 23.7 Å². The van der Waals surface area contributed by atoms with Gasteiger partial charge in [0.05, 0.1) is 6.61 Å². The van der Waals surface area contributed by atoms with Gasteiger partial charge in [-0.3, -0.25) is 5.32 Å². The van der Waals surface area contributed by atoms with E-state index in [0.717, 1.165) is 18.9 Å². The van der Waals surface area contributed by atoms with Gasteiger partial charge in [0.1, 0.15) is 5.72 Å². The van der Waals surface area contributed by atoms with Crippen LogP contribution in [0.3, 0.4) is 0 Å². The van der Waals surface area contributed by atoms with E-state index in [0.29, 0.717) is 6.04 Å². The first kappa shape index (κ1) is 16.2. The molecule has 3 nitrogen and oxygen atoms in total. The van der Waals surface area contributed by atoms with Crippen molar-refractivity contribution in [3.8, 4) is 0 Å². The van der Waals surface area contributed by atoms with E-state index < -0.39 is 0 Å². The quantitative estimate of drug-likeness (QED) is 0.858. The molecule has 2 rings (SSSR count). The Labute approximate surface area is 118 Å². The molecule has 0 spiro atoms. The number of hydrogen-bond acceptors (Lipinski definition) is 3. The Morgan fingerprint density at radius 1 is 1.33 bits per heavy atom. The SMILES string of the molecule is CC(C)N1CCC(CC2(C)NC(C)(C)CO2)C1.Cl. The van der Waals surface area contributed by atoms with Crippen LogP contribution in [0.5, 0.6) is 0 Å². The van der Waals surface area contributed by atoms with Gasteiger partial charge in [0.25, 0.3) is 0 Å². The molecule has 0 bridgehead atoms. The maximum Gasteiger partial charge on any atom is 0.117 e. The maximum absolute atomic E-state index is 5.98. The number of rotatable bonds is 3. The molecule has 18 heavy (non-hydrogen) atoms. The topological polar surface area (TPSA) is 24.5 Å². The molecular weight excluding hydrogens is 248 g/mol. The standard InChI is InChI=1S/C14H28N2O.ClH/c1-11(2)16-7-6-12(9-16)8-14(5)15-13(3,4)10-17-14;/h11-12,15H,6-10H2,1-5H3;1H. The molecule has 2 unspecified atom stereocenters. The Hall–Kier alpha value is 0.170. The van der Waals surface area contributed by atoms with Gasteiger partial charge in [0, 0.05) is 18.1 Å². The van der Waals surface area contributed by atoms with Crippen molar-refractivity contribution in [2.24, 2.45) is 5.92 Å². The summed E-state index contributed by atoms with van der Waals surface area (Å²) in [7, 11) is 0. The minimum Gasteiger partial charge on any atom is -0.359 e. The highest BCUT2D eigenvalue weighted by molar-refractivity contribution is 5.85. The van der Waals surface area contributed by atoms with Gasteiger partial charge in [-0.1, -0.05) is 0 Å². The van der Waals surface area contributed by atoms with Crippen LogP contribution in [0.15, 0.2) is 0 Å². The summed E-state index contributed by atoms with van der Waals surface area (Å²) in [6, 6.07) is 0.682. The fourth-order valence-electron chi connectivity index (χ4n) is 3.29. The van der Waals surface area contributed by atoms with Crippen LogP contribution in [0.25, 0.3) is 0 Å². The van der Waals surface area contributed by atoms with Crippen molar-refractivity contribution in [3.05, 3.63) is 0 Å². The van der Waals surface area contributed by atoms with Crippen LogP contribution in [0, 0.1) is 5.92 Å². The van der Waals surface area contributed by atoms with Crippen LogP contribution in [0.4, 0.5) is 0 Å². The van der Waals surface area contributed by atoms with Crippen LogP contribution in [-0.4, -0.2) is 41.9 Å². The average molecular weight is 277 g/mol. The van der Waals surface area contributed by atoms with Crippen molar-refractivity contribution in [1.29, 1.82) is 0 Å². The Morgan fingerprint density at radius 2 is 2.00 bits per heavy atom. The summed E-state index contributed by atoms with van der Waals surface area (Å²) in [5.74, 6) is 0.781. The van der Waals surface area contributed by atoms with Gasteiger partial charge in [-0.25, -0.2) is 0 Å². The van der Waals surface area contributed by atoms with Crippen molar-refractivity contribution in [2.45, 2.75) is 64.8 Å². The first-order valence-electron chi connectivity index (χ1n) is 6.97. The highest BCUT2D eigenvalue weighted by atomic mass is 35.5. The predicted octanol–water partition coefficient (Wildman–Crippen LogP) is 2.64. The zero-order valence-corrected chi connectivity index (χ0v) is 13.3. The fraction of sp³-hybridized carbons (Fsp3) is 1.00. The lowest BCUT2D eigenvalue weighted by Crippen LogP contribution is -2.47. The normalized spacial score (nSPS) is 36.0. The molecule has 2 fully saturated rings. The van der Waals surface area contributed by atoms with Gasteiger partial charge in [0.2, 0.25) is 0 Å². The highest BCUT2D eigenvalue weighted by Crippen LogP contribution is 2.32. The van der Waals surface area contributed by atoms with E-state index in [2.05, 4.69) is 44.8 Å². The molecule has 0 radical (unpaired) electrons. The third kappa shape index (κ3) is 3.83. The van der Waals surface area contributed by atoms with E-state index in [4.69, 9.17) is 4.74 Å². The number of nitrogens with zero attached hydrogens (tertiary/aromatic N) is 1. The lowest BCUT2D eigenvalue weighted by atomic mass is 9.96. The fourth-order valence-corrected chi connectivity index (χ4v) is 3.29. The molecule has 1 N–H and O–H groups in total. The second kappa shape index (κ2) is 5.66. The van der Waals surface area contributed by atoms with Crippen molar-refractivity contribution < 1.29 is 4.74 Å². The molecule has 2 atom stereocenters. The zero-order chi connectivity index (χ0) is 12.7. The van der Waals surface area contributed by atoms with Gasteiger partial charge in [0.15, 0.2) is 0 Å². The molecule has 2 saturated heterocycles. The maximum atomic E-state index is 5.98. The monoisotopic (exact) mass is 276 g/mol. The minimum atomic E-state index is -0.110. The van der Waals surface area contributed by atoms with Crippen LogP contribution < -0.4 is 5.32 Å². The molecule has 0 saturated carbocycles. The molecule has 0 aromatic carbocycles. The van der Waals surface area contributed by atoms with E-state index in [1.165, 1.54) is 19.5 Å². The van der Waals surface area contributed by atoms with Crippen LogP contribution in [-0.2, 0) is 4.74 Å². The summed E-state index contributed by atoms with van der Waals surface area (Å²) < 4.78 is 5.98. The predicted molar refractivity (Wildman–Crippen MR) is 78.3 cm³/mol. The van der Waals surface area contributed by atoms with Crippen molar-refractivity contribution in [1.82, 2.24) is 10.2 Å². The Kier molecular flexibility index (Phi) is 5.10. The lowest BCUT2D eigenvalue weighted by Gasteiger charge is -2.29. The first-order valence-corrected chi connectivity index (χ1v) is 6.97. The van der Waals surface area contributed by atoms with E-state index in [9.17, 15) is 0 Å². The lowest BCUT2D eigenvalue weighted by molar-refractivity contribution is -0.0128. The third-order valence-corrected chi connectivity index (χ3v) is 4.08. The van der Waals surface area contributed by atoms with Crippen molar-refractivity contribution >= 4 is 12.4 Å². The number of likely N-dealkylation sites (tertiary alicyclic amines) is 1. The summed E-state index contributed by atoms with van der Waals surface area (Å²) in [5.41, 5.74) is 0.0201. The molecule has 2 heterocycles. The van der Waals surface area contributed by atoms with Crippen LogP contribution >= 0.6 is 12.4 Å². The zero-order valence-electron chi connectivity index (χ0n) is 12.5. The summed E-state index contributed by atoms with van der Waals surface area (Å²) >= 11 is 0. The second-order valence-electron chi connectivity index (χ2n) is 6.98. The summed E-state index contributed by atoms with van der Waals surface area (Å²) in [6.45, 7) is 14.5. The van der Waals surface area contributed by atoms with Crippen molar-refractivity contribution in [2.75, 3.05) is 19.7 Å². The van der Waals surface area contributed by atoms with Gasteiger partial charge in [-0.2, -0.15) is 0 Å². The Balaban J connectivity index is 0.00000162. The molecule has 0 aliphatic carbocycles. The van der Waals surface area contributed by atoms with Crippen LogP contribution in [0.2, 0.25) is 0 Å². The molecule has 108 valence electrons. The summed E-state index contributed by atoms with van der Waals surface area (Å²) in [6.07, 6.45) is 2.46. The number of hydrogen-bond donors (Lipinski definition) is 1. The average Bonchev–Trinajstić information content (AvgIpc) is 2.72. The highest BCUT2D eigenvalue weighted by Gasteiger charge is 2.42. The molecule has 0 aromatic rings. The van der Waals surface area contributed by atoms with Gasteiger partial charge in [-0.15, -0.1) is 12.4 Å². The van der Waals surface area contributed by atoms with E-state index >= 15 is 0 Å².